The van der Waals surface area contributed by atoms with Gasteiger partial charge < -0.3 is 5.11 Å². The number of hydrogen-bond acceptors (Lipinski definition) is 4. The van der Waals surface area contributed by atoms with E-state index in [0.29, 0.717) is 30.3 Å². The minimum absolute atomic E-state index is 0.218. The quantitative estimate of drug-likeness (QED) is 0.832. The Balaban J connectivity index is 2.45. The number of nitrogens with zero attached hydrogens (tertiary/aromatic N) is 3. The molecule has 2 aromatic rings. The molecule has 0 unspecified atom stereocenters. The van der Waals surface area contributed by atoms with Crippen LogP contribution in [0.25, 0.3) is 11.4 Å². The number of aromatic nitrogens is 3. The minimum Gasteiger partial charge on any atom is -0.508 e. The normalized spacial score (nSPS) is 10.1. The molecule has 0 radical (unpaired) electrons. The summed E-state index contributed by atoms with van der Waals surface area (Å²) < 4.78 is 0. The molecule has 0 spiro atoms. The van der Waals surface area contributed by atoms with Gasteiger partial charge in [-0.25, -0.2) is 15.0 Å². The second kappa shape index (κ2) is 5.91. The van der Waals surface area contributed by atoms with Crippen molar-refractivity contribution in [3.8, 4) is 17.1 Å². The summed E-state index contributed by atoms with van der Waals surface area (Å²) >= 11 is 0. The van der Waals surface area contributed by atoms with E-state index >= 15 is 0 Å². The Bertz CT molecular complexity index is 563. The van der Waals surface area contributed by atoms with Crippen molar-refractivity contribution in [3.05, 3.63) is 61.2 Å². The number of phenolic OH excluding ortho intramolecular Hbond substituents is 1. The molecule has 0 saturated carbocycles. The molecule has 0 aliphatic carbocycles. The van der Waals surface area contributed by atoms with E-state index in [0.717, 1.165) is 5.56 Å². The van der Waals surface area contributed by atoms with Crippen LogP contribution in [0.1, 0.15) is 11.6 Å². The van der Waals surface area contributed by atoms with Crippen molar-refractivity contribution in [2.45, 2.75) is 12.8 Å². The molecule has 1 N–H and O–H groups in total. The van der Waals surface area contributed by atoms with Crippen LogP contribution in [0.5, 0.6) is 5.75 Å². The predicted molar refractivity (Wildman–Crippen MR) is 74.7 cm³/mol. The molecule has 1 heterocycles. The van der Waals surface area contributed by atoms with Crippen molar-refractivity contribution in [3.63, 3.8) is 0 Å². The van der Waals surface area contributed by atoms with Gasteiger partial charge in [0.05, 0.1) is 0 Å². The Morgan fingerprint density at radius 1 is 0.895 bits per heavy atom. The second-order valence-corrected chi connectivity index (χ2v) is 4.02. The van der Waals surface area contributed by atoms with Crippen molar-refractivity contribution >= 4 is 0 Å². The lowest BCUT2D eigenvalue weighted by atomic mass is 10.2. The molecule has 0 atom stereocenters. The molecule has 0 bridgehead atoms. The summed E-state index contributed by atoms with van der Waals surface area (Å²) in [5, 5.41) is 9.30. The van der Waals surface area contributed by atoms with Crippen molar-refractivity contribution in [1.29, 1.82) is 0 Å². The summed E-state index contributed by atoms with van der Waals surface area (Å²) in [5.74, 6) is 2.19. The molecule has 19 heavy (non-hydrogen) atoms. The van der Waals surface area contributed by atoms with Crippen molar-refractivity contribution in [2.24, 2.45) is 0 Å². The summed E-state index contributed by atoms with van der Waals surface area (Å²) in [6.45, 7) is 7.38. The van der Waals surface area contributed by atoms with Gasteiger partial charge in [0, 0.05) is 18.4 Å². The first kappa shape index (κ1) is 13.0. The highest BCUT2D eigenvalue weighted by atomic mass is 16.3. The molecule has 96 valence electrons. The maximum atomic E-state index is 9.30. The van der Waals surface area contributed by atoms with Crippen LogP contribution >= 0.6 is 0 Å². The lowest BCUT2D eigenvalue weighted by Gasteiger charge is -2.05. The van der Waals surface area contributed by atoms with Crippen molar-refractivity contribution in [2.75, 3.05) is 0 Å². The Hall–Kier alpha value is -2.49. The molecular formula is C15H15N3O. The fourth-order valence-corrected chi connectivity index (χ4v) is 1.65. The third kappa shape index (κ3) is 3.25. The molecule has 1 aromatic carbocycles. The predicted octanol–water partition coefficient (Wildman–Crippen LogP) is 2.70. The monoisotopic (exact) mass is 253 g/mol. The fourth-order valence-electron chi connectivity index (χ4n) is 1.65. The number of aromatic hydroxyl groups is 1. The lowest BCUT2D eigenvalue weighted by Crippen LogP contribution is -2.04. The van der Waals surface area contributed by atoms with Gasteiger partial charge in [-0.05, 0) is 24.3 Å². The van der Waals surface area contributed by atoms with E-state index < -0.39 is 0 Å². The van der Waals surface area contributed by atoms with E-state index in [2.05, 4.69) is 28.1 Å². The molecule has 0 amide bonds. The van der Waals surface area contributed by atoms with Gasteiger partial charge in [0.25, 0.3) is 0 Å². The lowest BCUT2D eigenvalue weighted by molar-refractivity contribution is 0.475. The van der Waals surface area contributed by atoms with Gasteiger partial charge in [0.2, 0.25) is 0 Å². The van der Waals surface area contributed by atoms with Gasteiger partial charge in [-0.1, -0.05) is 12.2 Å². The second-order valence-electron chi connectivity index (χ2n) is 4.02. The molecule has 1 aromatic heterocycles. The zero-order chi connectivity index (χ0) is 13.7. The van der Waals surface area contributed by atoms with E-state index in [1.165, 1.54) is 0 Å². The summed E-state index contributed by atoms with van der Waals surface area (Å²) in [6, 6.07) is 6.78. The summed E-state index contributed by atoms with van der Waals surface area (Å²) in [6.07, 6.45) is 4.71. The van der Waals surface area contributed by atoms with Crippen LogP contribution in [0.3, 0.4) is 0 Å². The van der Waals surface area contributed by atoms with Crippen LogP contribution in [0, 0.1) is 0 Å². The number of rotatable bonds is 5. The molecule has 0 fully saturated rings. The maximum Gasteiger partial charge on any atom is 0.163 e. The van der Waals surface area contributed by atoms with E-state index in [1.807, 2.05) is 0 Å². The first-order valence-electron chi connectivity index (χ1n) is 5.98. The minimum atomic E-state index is 0.218. The van der Waals surface area contributed by atoms with Crippen LogP contribution in [0.15, 0.2) is 49.6 Å². The highest BCUT2D eigenvalue weighted by molar-refractivity contribution is 5.56. The molecule has 2 rings (SSSR count). The van der Waals surface area contributed by atoms with Crippen LogP contribution in [-0.4, -0.2) is 20.1 Å². The first-order chi connectivity index (χ1) is 9.22. The van der Waals surface area contributed by atoms with Crippen LogP contribution in [0.4, 0.5) is 0 Å². The van der Waals surface area contributed by atoms with Gasteiger partial charge in [-0.15, -0.1) is 13.2 Å². The van der Waals surface area contributed by atoms with E-state index in [1.54, 1.807) is 36.4 Å². The zero-order valence-corrected chi connectivity index (χ0v) is 10.6. The molecule has 0 saturated heterocycles. The van der Waals surface area contributed by atoms with E-state index in [-0.39, 0.29) is 5.75 Å². The third-order valence-electron chi connectivity index (χ3n) is 2.51. The Morgan fingerprint density at radius 3 is 1.89 bits per heavy atom. The molecule has 4 heteroatoms. The number of hydrogen-bond donors (Lipinski definition) is 1. The highest BCUT2D eigenvalue weighted by Gasteiger charge is 2.07. The van der Waals surface area contributed by atoms with Crippen molar-refractivity contribution < 1.29 is 5.11 Å². The Kier molecular flexibility index (Phi) is 4.03. The number of allylic oxidation sites excluding steroid dienone is 2. The molecule has 0 aliphatic rings. The van der Waals surface area contributed by atoms with Gasteiger partial charge in [0.1, 0.15) is 17.4 Å². The maximum absolute atomic E-state index is 9.30. The van der Waals surface area contributed by atoms with Gasteiger partial charge in [-0.3, -0.25) is 0 Å². The fraction of sp³-hybridized carbons (Fsp3) is 0.133. The smallest absolute Gasteiger partial charge is 0.163 e. The molecule has 0 aliphatic heterocycles. The van der Waals surface area contributed by atoms with Gasteiger partial charge in [-0.2, -0.15) is 0 Å². The number of benzene rings is 1. The Morgan fingerprint density at radius 2 is 1.42 bits per heavy atom. The highest BCUT2D eigenvalue weighted by Crippen LogP contribution is 2.18. The molecular weight excluding hydrogens is 238 g/mol. The van der Waals surface area contributed by atoms with Crippen LogP contribution in [-0.2, 0) is 12.8 Å². The average molecular weight is 253 g/mol. The average Bonchev–Trinajstić information content (AvgIpc) is 2.40. The summed E-state index contributed by atoms with van der Waals surface area (Å²) in [5.41, 5.74) is 0.843. The van der Waals surface area contributed by atoms with Crippen LogP contribution < -0.4 is 0 Å². The third-order valence-corrected chi connectivity index (χ3v) is 2.51. The van der Waals surface area contributed by atoms with E-state index in [4.69, 9.17) is 0 Å². The standard InChI is InChI=1S/C15H15N3O/c1-3-5-13-16-14(6-4-2)18-15(17-13)11-7-9-12(19)10-8-11/h3-4,7-10,19H,1-2,5-6H2. The first-order valence-corrected chi connectivity index (χ1v) is 5.98. The van der Waals surface area contributed by atoms with Gasteiger partial charge in [0.15, 0.2) is 5.82 Å². The zero-order valence-electron chi connectivity index (χ0n) is 10.6. The van der Waals surface area contributed by atoms with Crippen LogP contribution in [0.2, 0.25) is 0 Å². The Labute approximate surface area is 112 Å². The topological polar surface area (TPSA) is 58.9 Å². The van der Waals surface area contributed by atoms with E-state index in [9.17, 15) is 5.11 Å². The SMILES string of the molecule is C=CCc1nc(CC=C)nc(-c2ccc(O)cc2)n1. The summed E-state index contributed by atoms with van der Waals surface area (Å²) in [4.78, 5) is 13.1. The largest absolute Gasteiger partial charge is 0.508 e. The van der Waals surface area contributed by atoms with Gasteiger partial charge >= 0.3 is 0 Å². The molecule has 4 nitrogen and oxygen atoms in total. The number of phenols is 1. The van der Waals surface area contributed by atoms with Crippen molar-refractivity contribution in [1.82, 2.24) is 15.0 Å². The summed E-state index contributed by atoms with van der Waals surface area (Å²) in [7, 11) is 0.